The highest BCUT2D eigenvalue weighted by atomic mass is 16.2. The van der Waals surface area contributed by atoms with Crippen LogP contribution in [-0.2, 0) is 4.79 Å². The molecule has 2 nitrogen and oxygen atoms in total. The van der Waals surface area contributed by atoms with E-state index in [1.807, 2.05) is 18.7 Å². The van der Waals surface area contributed by atoms with E-state index in [1.54, 1.807) is 6.92 Å². The second kappa shape index (κ2) is 5.18. The summed E-state index contributed by atoms with van der Waals surface area (Å²) < 4.78 is 0. The SMILES string of the molecule is CC.CC(=O)N1C(C)CCC1C. The molecule has 1 fully saturated rings. The molecule has 1 aliphatic heterocycles. The van der Waals surface area contributed by atoms with E-state index in [1.165, 1.54) is 12.8 Å². The molecule has 1 heterocycles. The van der Waals surface area contributed by atoms with Crippen LogP contribution in [0.25, 0.3) is 0 Å². The zero-order chi connectivity index (χ0) is 9.72. The molecule has 1 amide bonds. The van der Waals surface area contributed by atoms with Gasteiger partial charge in [0.25, 0.3) is 0 Å². The van der Waals surface area contributed by atoms with Crippen molar-refractivity contribution in [2.45, 2.75) is 59.5 Å². The highest BCUT2D eigenvalue weighted by Crippen LogP contribution is 2.22. The fourth-order valence-corrected chi connectivity index (χ4v) is 1.82. The molecule has 1 saturated heterocycles. The molecule has 0 aromatic carbocycles. The first-order valence-corrected chi connectivity index (χ1v) is 4.92. The fraction of sp³-hybridized carbons (Fsp3) is 0.900. The maximum absolute atomic E-state index is 11.0. The number of carbonyl (C=O) groups is 1. The number of hydrogen-bond acceptors (Lipinski definition) is 1. The van der Waals surface area contributed by atoms with E-state index in [9.17, 15) is 4.79 Å². The first kappa shape index (κ1) is 11.5. The van der Waals surface area contributed by atoms with Crippen LogP contribution in [-0.4, -0.2) is 22.9 Å². The van der Waals surface area contributed by atoms with Crippen molar-refractivity contribution in [2.75, 3.05) is 0 Å². The predicted molar refractivity (Wildman–Crippen MR) is 52.0 cm³/mol. The second-order valence-electron chi connectivity index (χ2n) is 3.20. The van der Waals surface area contributed by atoms with Gasteiger partial charge in [0.05, 0.1) is 0 Å². The molecule has 0 aromatic heterocycles. The largest absolute Gasteiger partial charge is 0.338 e. The van der Waals surface area contributed by atoms with Crippen LogP contribution in [0.3, 0.4) is 0 Å². The van der Waals surface area contributed by atoms with Crippen LogP contribution in [0.5, 0.6) is 0 Å². The molecule has 1 rings (SSSR count). The molecular formula is C10H21NO. The van der Waals surface area contributed by atoms with E-state index in [0.717, 1.165) is 0 Å². The van der Waals surface area contributed by atoms with E-state index in [4.69, 9.17) is 0 Å². The lowest BCUT2D eigenvalue weighted by molar-refractivity contribution is -0.131. The number of nitrogens with zero attached hydrogens (tertiary/aromatic N) is 1. The van der Waals surface area contributed by atoms with Gasteiger partial charge in [-0.15, -0.1) is 0 Å². The van der Waals surface area contributed by atoms with Crippen molar-refractivity contribution in [3.05, 3.63) is 0 Å². The van der Waals surface area contributed by atoms with E-state index in [0.29, 0.717) is 12.1 Å². The molecule has 0 spiro atoms. The highest BCUT2D eigenvalue weighted by Gasteiger charge is 2.28. The van der Waals surface area contributed by atoms with Gasteiger partial charge in [0.1, 0.15) is 0 Å². The molecule has 0 bridgehead atoms. The summed E-state index contributed by atoms with van der Waals surface area (Å²) in [4.78, 5) is 13.0. The van der Waals surface area contributed by atoms with Crippen molar-refractivity contribution >= 4 is 5.91 Å². The molecule has 0 aromatic rings. The minimum Gasteiger partial charge on any atom is -0.338 e. The maximum Gasteiger partial charge on any atom is 0.219 e. The maximum atomic E-state index is 11.0. The molecule has 1 aliphatic rings. The minimum absolute atomic E-state index is 0.220. The molecule has 12 heavy (non-hydrogen) atoms. The molecule has 0 N–H and O–H groups in total. The summed E-state index contributed by atoms with van der Waals surface area (Å²) in [5.41, 5.74) is 0. The summed E-state index contributed by atoms with van der Waals surface area (Å²) in [7, 11) is 0. The molecule has 0 saturated carbocycles. The number of carbonyl (C=O) groups excluding carboxylic acids is 1. The molecule has 72 valence electrons. The van der Waals surface area contributed by atoms with Crippen LogP contribution in [0.4, 0.5) is 0 Å². The Morgan fingerprint density at radius 3 is 1.67 bits per heavy atom. The lowest BCUT2D eigenvalue weighted by atomic mass is 10.2. The van der Waals surface area contributed by atoms with Crippen molar-refractivity contribution < 1.29 is 4.79 Å². The molecule has 2 heteroatoms. The van der Waals surface area contributed by atoms with E-state index in [-0.39, 0.29) is 5.91 Å². The van der Waals surface area contributed by atoms with Crippen LogP contribution < -0.4 is 0 Å². The molecule has 2 atom stereocenters. The average molecular weight is 171 g/mol. The molecular weight excluding hydrogens is 150 g/mol. The van der Waals surface area contributed by atoms with Crippen LogP contribution in [0.1, 0.15) is 47.5 Å². The van der Waals surface area contributed by atoms with Crippen molar-refractivity contribution in [3.63, 3.8) is 0 Å². The summed E-state index contributed by atoms with van der Waals surface area (Å²) in [6.45, 7) is 9.88. The summed E-state index contributed by atoms with van der Waals surface area (Å²) in [5, 5.41) is 0. The molecule has 0 radical (unpaired) electrons. The quantitative estimate of drug-likeness (QED) is 0.548. The van der Waals surface area contributed by atoms with Gasteiger partial charge in [0.2, 0.25) is 5.91 Å². The number of amides is 1. The van der Waals surface area contributed by atoms with Gasteiger partial charge in [-0.3, -0.25) is 4.79 Å². The van der Waals surface area contributed by atoms with Gasteiger partial charge < -0.3 is 4.90 Å². The van der Waals surface area contributed by atoms with Gasteiger partial charge in [-0.25, -0.2) is 0 Å². The standard InChI is InChI=1S/C8H15NO.C2H6/c1-6-4-5-7(2)9(6)8(3)10;1-2/h6-7H,4-5H2,1-3H3;1-2H3. The van der Waals surface area contributed by atoms with Gasteiger partial charge in [-0.1, -0.05) is 13.8 Å². The van der Waals surface area contributed by atoms with Gasteiger partial charge >= 0.3 is 0 Å². The van der Waals surface area contributed by atoms with Gasteiger partial charge in [-0.2, -0.15) is 0 Å². The Morgan fingerprint density at radius 1 is 1.17 bits per heavy atom. The smallest absolute Gasteiger partial charge is 0.219 e. The van der Waals surface area contributed by atoms with Crippen LogP contribution in [0, 0.1) is 0 Å². The lowest BCUT2D eigenvalue weighted by Crippen LogP contribution is -2.36. The third-order valence-corrected chi connectivity index (χ3v) is 2.32. The third kappa shape index (κ3) is 2.50. The topological polar surface area (TPSA) is 20.3 Å². The van der Waals surface area contributed by atoms with Gasteiger partial charge in [0.15, 0.2) is 0 Å². The van der Waals surface area contributed by atoms with Crippen molar-refractivity contribution in [1.29, 1.82) is 0 Å². The first-order valence-electron chi connectivity index (χ1n) is 4.92. The van der Waals surface area contributed by atoms with Crippen LogP contribution >= 0.6 is 0 Å². The van der Waals surface area contributed by atoms with Crippen LogP contribution in [0.15, 0.2) is 0 Å². The Balaban J connectivity index is 0.000000561. The Kier molecular flexibility index (Phi) is 4.95. The van der Waals surface area contributed by atoms with Crippen molar-refractivity contribution in [1.82, 2.24) is 4.90 Å². The minimum atomic E-state index is 0.220. The molecule has 0 aliphatic carbocycles. The van der Waals surface area contributed by atoms with E-state index >= 15 is 0 Å². The third-order valence-electron chi connectivity index (χ3n) is 2.32. The number of rotatable bonds is 0. The van der Waals surface area contributed by atoms with Crippen LogP contribution in [0.2, 0.25) is 0 Å². The van der Waals surface area contributed by atoms with Gasteiger partial charge in [0, 0.05) is 19.0 Å². The predicted octanol–water partition coefficient (Wildman–Crippen LogP) is 2.43. The first-order chi connectivity index (χ1) is 5.63. The number of hydrogen-bond donors (Lipinski definition) is 0. The summed E-state index contributed by atoms with van der Waals surface area (Å²) in [5.74, 6) is 0.220. The van der Waals surface area contributed by atoms with E-state index < -0.39 is 0 Å². The van der Waals surface area contributed by atoms with Crippen molar-refractivity contribution in [3.8, 4) is 0 Å². The van der Waals surface area contributed by atoms with Gasteiger partial charge in [-0.05, 0) is 26.7 Å². The monoisotopic (exact) mass is 171 g/mol. The average Bonchev–Trinajstić information content (AvgIpc) is 2.35. The highest BCUT2D eigenvalue weighted by molar-refractivity contribution is 5.74. The lowest BCUT2D eigenvalue weighted by Gasteiger charge is -2.24. The summed E-state index contributed by atoms with van der Waals surface area (Å²) in [6.07, 6.45) is 2.33. The Labute approximate surface area is 75.9 Å². The Bertz CT molecular complexity index is 135. The molecule has 2 unspecified atom stereocenters. The Morgan fingerprint density at radius 2 is 1.50 bits per heavy atom. The zero-order valence-corrected chi connectivity index (χ0v) is 8.92. The summed E-state index contributed by atoms with van der Waals surface area (Å²) in [6, 6.07) is 0.931. The second-order valence-corrected chi connectivity index (χ2v) is 3.20. The summed E-state index contributed by atoms with van der Waals surface area (Å²) >= 11 is 0. The fourth-order valence-electron chi connectivity index (χ4n) is 1.82. The van der Waals surface area contributed by atoms with E-state index in [2.05, 4.69) is 13.8 Å². The normalized spacial score (nSPS) is 27.9. The zero-order valence-electron chi connectivity index (χ0n) is 8.92. The number of likely N-dealkylation sites (tertiary alicyclic amines) is 1. The van der Waals surface area contributed by atoms with Crippen molar-refractivity contribution in [2.24, 2.45) is 0 Å². The Hall–Kier alpha value is -0.530.